The van der Waals surface area contributed by atoms with Crippen LogP contribution in [0.2, 0.25) is 5.02 Å². The molecule has 0 saturated carbocycles. The zero-order chi connectivity index (χ0) is 21.2. The zero-order valence-corrected chi connectivity index (χ0v) is 17.3. The van der Waals surface area contributed by atoms with E-state index in [4.69, 9.17) is 16.3 Å². The van der Waals surface area contributed by atoms with E-state index in [1.807, 2.05) is 18.2 Å². The summed E-state index contributed by atoms with van der Waals surface area (Å²) in [4.78, 5) is 37.7. The summed E-state index contributed by atoms with van der Waals surface area (Å²) in [5.41, 5.74) is 0.416. The lowest BCUT2D eigenvalue weighted by molar-refractivity contribution is -0.151. The molecular formula is C20H20ClFN2O4S. The molecule has 0 unspecified atom stereocenters. The molecule has 0 aliphatic heterocycles. The van der Waals surface area contributed by atoms with Crippen LogP contribution in [0.1, 0.15) is 6.42 Å². The van der Waals surface area contributed by atoms with Gasteiger partial charge in [0.1, 0.15) is 5.82 Å². The average Bonchev–Trinajstić information content (AvgIpc) is 2.69. The van der Waals surface area contributed by atoms with E-state index in [1.165, 1.54) is 43.1 Å². The van der Waals surface area contributed by atoms with Crippen molar-refractivity contribution in [2.24, 2.45) is 0 Å². The summed E-state index contributed by atoms with van der Waals surface area (Å²) >= 11 is 7.46. The number of carbonyl (C=O) groups is 3. The van der Waals surface area contributed by atoms with Crippen LogP contribution in [-0.4, -0.2) is 48.6 Å². The molecule has 2 rings (SSSR count). The van der Waals surface area contributed by atoms with E-state index in [0.29, 0.717) is 16.5 Å². The number of nitrogens with one attached hydrogen (secondary N) is 1. The van der Waals surface area contributed by atoms with E-state index in [0.717, 1.165) is 9.80 Å². The van der Waals surface area contributed by atoms with Crippen molar-refractivity contribution in [3.63, 3.8) is 0 Å². The Labute approximate surface area is 177 Å². The Morgan fingerprint density at radius 2 is 1.83 bits per heavy atom. The van der Waals surface area contributed by atoms with Gasteiger partial charge in [0.25, 0.3) is 5.91 Å². The molecule has 2 aromatic rings. The number of likely N-dealkylation sites (N-methyl/N-ethyl adjacent to an activating group) is 1. The van der Waals surface area contributed by atoms with Gasteiger partial charge in [0, 0.05) is 23.4 Å². The maximum absolute atomic E-state index is 12.9. The highest BCUT2D eigenvalue weighted by molar-refractivity contribution is 7.99. The van der Waals surface area contributed by atoms with Gasteiger partial charge >= 0.3 is 5.97 Å². The fourth-order valence-corrected chi connectivity index (χ4v) is 3.34. The Balaban J connectivity index is 1.66. The van der Waals surface area contributed by atoms with Crippen LogP contribution in [0, 0.1) is 5.82 Å². The predicted octanol–water partition coefficient (Wildman–Crippen LogP) is 3.60. The fraction of sp³-hybridized carbons (Fsp3) is 0.250. The van der Waals surface area contributed by atoms with E-state index in [1.54, 1.807) is 6.07 Å². The normalized spacial score (nSPS) is 10.3. The summed E-state index contributed by atoms with van der Waals surface area (Å²) in [5, 5.41) is 3.16. The van der Waals surface area contributed by atoms with Gasteiger partial charge in [0.05, 0.1) is 18.0 Å². The van der Waals surface area contributed by atoms with Crippen LogP contribution in [0.15, 0.2) is 53.4 Å². The number of anilines is 1. The minimum Gasteiger partial charge on any atom is -0.456 e. The topological polar surface area (TPSA) is 75.7 Å². The maximum atomic E-state index is 12.9. The van der Waals surface area contributed by atoms with Crippen LogP contribution in [0.25, 0.3) is 0 Å². The molecule has 0 aliphatic carbocycles. The number of halogens is 2. The van der Waals surface area contributed by atoms with Gasteiger partial charge in [-0.3, -0.25) is 14.4 Å². The molecule has 0 spiro atoms. The second-order valence-electron chi connectivity index (χ2n) is 5.99. The molecule has 2 amide bonds. The van der Waals surface area contributed by atoms with Crippen LogP contribution in [0.5, 0.6) is 0 Å². The Morgan fingerprint density at radius 1 is 1.14 bits per heavy atom. The minimum atomic E-state index is -0.512. The molecule has 154 valence electrons. The largest absolute Gasteiger partial charge is 0.456 e. The van der Waals surface area contributed by atoms with Crippen molar-refractivity contribution in [3.05, 3.63) is 59.4 Å². The van der Waals surface area contributed by atoms with Crippen LogP contribution in [-0.2, 0) is 19.1 Å². The highest BCUT2D eigenvalue weighted by Crippen LogP contribution is 2.26. The predicted molar refractivity (Wildman–Crippen MR) is 110 cm³/mol. The standard InChI is InChI=1S/C20H20ClFN2O4S/c1-24(12-18(25)23-15-8-6-14(22)7-9-15)19(26)13-28-20(27)10-11-29-17-5-3-2-4-16(17)21/h2-9H,10-13H2,1H3,(H,23,25). The van der Waals surface area contributed by atoms with Gasteiger partial charge in [-0.15, -0.1) is 11.8 Å². The summed E-state index contributed by atoms with van der Waals surface area (Å²) in [7, 11) is 1.42. The van der Waals surface area contributed by atoms with Crippen LogP contribution >= 0.6 is 23.4 Å². The number of nitrogens with zero attached hydrogens (tertiary/aromatic N) is 1. The highest BCUT2D eigenvalue weighted by atomic mass is 35.5. The fourth-order valence-electron chi connectivity index (χ4n) is 2.17. The van der Waals surface area contributed by atoms with Crippen molar-refractivity contribution in [1.82, 2.24) is 4.90 Å². The van der Waals surface area contributed by atoms with Crippen molar-refractivity contribution in [2.45, 2.75) is 11.3 Å². The Bertz CT molecular complexity index is 864. The first-order valence-corrected chi connectivity index (χ1v) is 10.0. The lowest BCUT2D eigenvalue weighted by Gasteiger charge is -2.16. The Kier molecular flexibility index (Phi) is 8.95. The van der Waals surface area contributed by atoms with Gasteiger partial charge in [-0.2, -0.15) is 0 Å². The number of hydrogen-bond donors (Lipinski definition) is 1. The molecule has 1 N–H and O–H groups in total. The number of carbonyl (C=O) groups excluding carboxylic acids is 3. The molecule has 0 aromatic heterocycles. The summed E-state index contributed by atoms with van der Waals surface area (Å²) in [6, 6.07) is 12.6. The van der Waals surface area contributed by atoms with Crippen LogP contribution < -0.4 is 5.32 Å². The number of ether oxygens (including phenoxy) is 1. The van der Waals surface area contributed by atoms with E-state index in [9.17, 15) is 18.8 Å². The summed E-state index contributed by atoms with van der Waals surface area (Å²) in [6.45, 7) is -0.675. The van der Waals surface area contributed by atoms with Crippen molar-refractivity contribution in [3.8, 4) is 0 Å². The van der Waals surface area contributed by atoms with Crippen LogP contribution in [0.4, 0.5) is 10.1 Å². The molecule has 0 atom stereocenters. The first-order chi connectivity index (χ1) is 13.8. The first-order valence-electron chi connectivity index (χ1n) is 8.67. The molecule has 0 fully saturated rings. The average molecular weight is 439 g/mol. The van der Waals surface area contributed by atoms with Gasteiger partial charge in [-0.25, -0.2) is 4.39 Å². The van der Waals surface area contributed by atoms with E-state index in [2.05, 4.69) is 5.32 Å². The van der Waals surface area contributed by atoms with Crippen molar-refractivity contribution in [2.75, 3.05) is 31.3 Å². The minimum absolute atomic E-state index is 0.123. The van der Waals surface area contributed by atoms with Gasteiger partial charge in [0.15, 0.2) is 6.61 Å². The molecule has 29 heavy (non-hydrogen) atoms. The zero-order valence-electron chi connectivity index (χ0n) is 15.7. The number of amides is 2. The number of hydrogen-bond acceptors (Lipinski definition) is 5. The summed E-state index contributed by atoms with van der Waals surface area (Å²) in [5.74, 6) is -1.42. The van der Waals surface area contributed by atoms with Gasteiger partial charge in [-0.1, -0.05) is 23.7 Å². The first kappa shape index (κ1) is 22.7. The third kappa shape index (κ3) is 8.13. The monoisotopic (exact) mass is 438 g/mol. The second-order valence-corrected chi connectivity index (χ2v) is 7.54. The Hall–Kier alpha value is -2.58. The molecule has 2 aromatic carbocycles. The van der Waals surface area contributed by atoms with Gasteiger partial charge in [0.2, 0.25) is 5.91 Å². The van der Waals surface area contributed by atoms with Crippen LogP contribution in [0.3, 0.4) is 0 Å². The summed E-state index contributed by atoms with van der Waals surface area (Å²) in [6.07, 6.45) is 0.123. The number of thioether (sulfide) groups is 1. The molecule has 6 nitrogen and oxygen atoms in total. The van der Waals surface area contributed by atoms with E-state index < -0.39 is 30.2 Å². The molecule has 9 heteroatoms. The molecule has 0 heterocycles. The molecule has 0 saturated heterocycles. The SMILES string of the molecule is CN(CC(=O)Nc1ccc(F)cc1)C(=O)COC(=O)CCSc1ccccc1Cl. The van der Waals surface area contributed by atoms with E-state index in [-0.39, 0.29) is 13.0 Å². The van der Waals surface area contributed by atoms with Crippen molar-refractivity contribution >= 4 is 46.8 Å². The summed E-state index contributed by atoms with van der Waals surface area (Å²) < 4.78 is 17.8. The lowest BCUT2D eigenvalue weighted by Crippen LogP contribution is -2.37. The number of rotatable bonds is 9. The molecule has 0 bridgehead atoms. The van der Waals surface area contributed by atoms with E-state index >= 15 is 0 Å². The maximum Gasteiger partial charge on any atom is 0.307 e. The third-order valence-electron chi connectivity index (χ3n) is 3.69. The second kappa shape index (κ2) is 11.4. The van der Waals surface area contributed by atoms with Gasteiger partial charge < -0.3 is 15.0 Å². The molecular weight excluding hydrogens is 419 g/mol. The quantitative estimate of drug-likeness (QED) is 0.478. The highest BCUT2D eigenvalue weighted by Gasteiger charge is 2.15. The lowest BCUT2D eigenvalue weighted by atomic mass is 10.3. The number of benzene rings is 2. The van der Waals surface area contributed by atoms with Gasteiger partial charge in [-0.05, 0) is 36.4 Å². The number of esters is 1. The van der Waals surface area contributed by atoms with Crippen molar-refractivity contribution in [1.29, 1.82) is 0 Å². The smallest absolute Gasteiger partial charge is 0.307 e. The Morgan fingerprint density at radius 3 is 2.52 bits per heavy atom. The van der Waals surface area contributed by atoms with Crippen molar-refractivity contribution < 1.29 is 23.5 Å². The molecule has 0 radical (unpaired) electrons. The molecule has 0 aliphatic rings. The third-order valence-corrected chi connectivity index (χ3v) is 5.21.